The number of nitrogens with zero attached hydrogens (tertiary/aromatic N) is 1. The van der Waals surface area contributed by atoms with E-state index in [-0.39, 0.29) is 5.75 Å². The quantitative estimate of drug-likeness (QED) is 0.855. The molecule has 2 N–H and O–H groups in total. The van der Waals surface area contributed by atoms with Gasteiger partial charge in [0.1, 0.15) is 11.5 Å². The van der Waals surface area contributed by atoms with Gasteiger partial charge in [0, 0.05) is 12.2 Å². The molecule has 0 radical (unpaired) electrons. The Labute approximate surface area is 114 Å². The van der Waals surface area contributed by atoms with Crippen molar-refractivity contribution in [3.63, 3.8) is 0 Å². The zero-order valence-electron chi connectivity index (χ0n) is 11.6. The summed E-state index contributed by atoms with van der Waals surface area (Å²) in [4.78, 5) is 2.37. The lowest BCUT2D eigenvalue weighted by molar-refractivity contribution is 0.249. The average Bonchev–Trinajstić information content (AvgIpc) is 2.85. The van der Waals surface area contributed by atoms with E-state index in [2.05, 4.69) is 23.7 Å². The number of ether oxygens (including phenoxy) is 1. The van der Waals surface area contributed by atoms with Crippen LogP contribution in [0.5, 0.6) is 11.5 Å². The first-order chi connectivity index (χ1) is 9.17. The fraction of sp³-hybridized carbons (Fsp3) is 0.467. The molecule has 1 unspecified atom stereocenters. The van der Waals surface area contributed by atoms with Crippen LogP contribution in [0.1, 0.15) is 25.3 Å². The zero-order chi connectivity index (χ0) is 13.8. The van der Waals surface area contributed by atoms with Crippen molar-refractivity contribution in [1.82, 2.24) is 10.2 Å². The second kappa shape index (κ2) is 5.97. The Morgan fingerprint density at radius 3 is 3.05 bits per heavy atom. The Balaban J connectivity index is 2.16. The third-order valence-corrected chi connectivity index (χ3v) is 3.64. The summed E-state index contributed by atoms with van der Waals surface area (Å²) in [5.74, 6) is 0.830. The Morgan fingerprint density at radius 2 is 2.37 bits per heavy atom. The maximum Gasteiger partial charge on any atom is 0.131 e. The third kappa shape index (κ3) is 2.84. The van der Waals surface area contributed by atoms with Crippen molar-refractivity contribution in [2.24, 2.45) is 0 Å². The molecule has 0 amide bonds. The van der Waals surface area contributed by atoms with E-state index >= 15 is 0 Å². The molecule has 1 aromatic rings. The summed E-state index contributed by atoms with van der Waals surface area (Å²) < 4.78 is 5.29. The first kappa shape index (κ1) is 13.7. The van der Waals surface area contributed by atoms with Gasteiger partial charge in [0.15, 0.2) is 0 Å². The molecule has 1 aromatic carbocycles. The van der Waals surface area contributed by atoms with Gasteiger partial charge < -0.3 is 15.2 Å². The van der Waals surface area contributed by atoms with E-state index in [0.717, 1.165) is 19.5 Å². The van der Waals surface area contributed by atoms with Crippen LogP contribution < -0.4 is 10.1 Å². The molecule has 1 heterocycles. The highest BCUT2D eigenvalue weighted by Gasteiger charge is 2.24. The highest BCUT2D eigenvalue weighted by Crippen LogP contribution is 2.32. The molecule has 104 valence electrons. The van der Waals surface area contributed by atoms with E-state index in [1.165, 1.54) is 6.42 Å². The van der Waals surface area contributed by atoms with Crippen LogP contribution in [0.4, 0.5) is 0 Å². The smallest absolute Gasteiger partial charge is 0.131 e. The van der Waals surface area contributed by atoms with Gasteiger partial charge in [-0.15, -0.1) is 0 Å². The molecule has 1 aliphatic rings. The first-order valence-electron chi connectivity index (χ1n) is 6.73. The Bertz CT molecular complexity index is 459. The summed E-state index contributed by atoms with van der Waals surface area (Å²) in [5, 5.41) is 13.4. The molecular formula is C15H22N2O2. The Morgan fingerprint density at radius 1 is 1.58 bits per heavy atom. The van der Waals surface area contributed by atoms with Crippen molar-refractivity contribution < 1.29 is 9.84 Å². The van der Waals surface area contributed by atoms with Gasteiger partial charge in [-0.25, -0.2) is 0 Å². The molecule has 0 saturated carbocycles. The highest BCUT2D eigenvalue weighted by molar-refractivity contribution is 5.72. The van der Waals surface area contributed by atoms with Crippen LogP contribution in [0.15, 0.2) is 24.8 Å². The summed E-state index contributed by atoms with van der Waals surface area (Å²) in [5.41, 5.74) is 1.35. The fourth-order valence-corrected chi connectivity index (χ4v) is 2.63. The maximum atomic E-state index is 10.00. The number of hydrogen-bond acceptors (Lipinski definition) is 4. The highest BCUT2D eigenvalue weighted by atomic mass is 16.5. The second-order valence-electron chi connectivity index (χ2n) is 4.76. The van der Waals surface area contributed by atoms with Crippen LogP contribution in [0.25, 0.3) is 5.70 Å². The van der Waals surface area contributed by atoms with Gasteiger partial charge in [0.05, 0.1) is 18.8 Å². The van der Waals surface area contributed by atoms with Crippen LogP contribution in [-0.4, -0.2) is 36.4 Å². The number of likely N-dealkylation sites (tertiary alicyclic amines) is 1. The fourth-order valence-electron chi connectivity index (χ4n) is 2.63. The third-order valence-electron chi connectivity index (χ3n) is 3.64. The van der Waals surface area contributed by atoms with E-state index in [1.807, 2.05) is 6.07 Å². The molecule has 0 spiro atoms. The average molecular weight is 262 g/mol. The maximum absolute atomic E-state index is 10.00. The van der Waals surface area contributed by atoms with Crippen molar-refractivity contribution >= 4 is 5.70 Å². The van der Waals surface area contributed by atoms with Crippen LogP contribution >= 0.6 is 0 Å². The molecule has 1 aliphatic heterocycles. The van der Waals surface area contributed by atoms with Crippen molar-refractivity contribution in [2.75, 3.05) is 20.2 Å². The van der Waals surface area contributed by atoms with Gasteiger partial charge >= 0.3 is 0 Å². The van der Waals surface area contributed by atoms with Gasteiger partial charge in [-0.05, 0) is 31.5 Å². The summed E-state index contributed by atoms with van der Waals surface area (Å²) in [7, 11) is 1.60. The van der Waals surface area contributed by atoms with E-state index in [4.69, 9.17) is 4.74 Å². The number of aromatic hydroxyl groups is 1. The largest absolute Gasteiger partial charge is 0.507 e. The minimum Gasteiger partial charge on any atom is -0.507 e. The minimum absolute atomic E-state index is 0.192. The van der Waals surface area contributed by atoms with Gasteiger partial charge in [-0.3, -0.25) is 4.90 Å². The molecule has 0 aromatic heterocycles. The molecule has 1 fully saturated rings. The lowest BCUT2D eigenvalue weighted by atomic mass is 10.1. The monoisotopic (exact) mass is 262 g/mol. The number of benzene rings is 1. The predicted molar refractivity (Wildman–Crippen MR) is 77.1 cm³/mol. The Hall–Kier alpha value is -1.68. The van der Waals surface area contributed by atoms with Gasteiger partial charge in [0.2, 0.25) is 0 Å². The van der Waals surface area contributed by atoms with E-state index in [0.29, 0.717) is 23.2 Å². The van der Waals surface area contributed by atoms with Crippen molar-refractivity contribution in [3.8, 4) is 11.5 Å². The summed E-state index contributed by atoms with van der Waals surface area (Å²) in [6, 6.07) is 5.24. The van der Waals surface area contributed by atoms with Gasteiger partial charge in [-0.1, -0.05) is 19.6 Å². The lowest BCUT2D eigenvalue weighted by Crippen LogP contribution is -2.39. The predicted octanol–water partition coefficient (Wildman–Crippen LogP) is 2.40. The van der Waals surface area contributed by atoms with E-state index in [9.17, 15) is 5.11 Å². The van der Waals surface area contributed by atoms with Crippen molar-refractivity contribution in [2.45, 2.75) is 25.9 Å². The number of methoxy groups -OCH3 is 1. The topological polar surface area (TPSA) is 44.7 Å². The molecular weight excluding hydrogens is 240 g/mol. The van der Waals surface area contributed by atoms with Crippen molar-refractivity contribution in [1.29, 1.82) is 0 Å². The SMILES string of the molecule is C=C(NC1CCCN1CC)c1c(O)cccc1OC. The van der Waals surface area contributed by atoms with Crippen LogP contribution in [0.3, 0.4) is 0 Å². The minimum atomic E-state index is 0.192. The second-order valence-corrected chi connectivity index (χ2v) is 4.76. The van der Waals surface area contributed by atoms with Gasteiger partial charge in [0.25, 0.3) is 0 Å². The molecule has 4 nitrogen and oxygen atoms in total. The van der Waals surface area contributed by atoms with Crippen LogP contribution in [-0.2, 0) is 0 Å². The number of phenolic OH excluding ortho intramolecular Hbond substituents is 1. The van der Waals surface area contributed by atoms with E-state index < -0.39 is 0 Å². The van der Waals surface area contributed by atoms with Crippen molar-refractivity contribution in [3.05, 3.63) is 30.3 Å². The van der Waals surface area contributed by atoms with Crippen LogP contribution in [0.2, 0.25) is 0 Å². The number of rotatable bonds is 5. The number of nitrogens with one attached hydrogen (secondary N) is 1. The molecule has 2 rings (SSSR count). The zero-order valence-corrected chi connectivity index (χ0v) is 11.6. The summed E-state index contributed by atoms with van der Waals surface area (Å²) >= 11 is 0. The molecule has 1 atom stereocenters. The first-order valence-corrected chi connectivity index (χ1v) is 6.73. The molecule has 19 heavy (non-hydrogen) atoms. The number of hydrogen-bond donors (Lipinski definition) is 2. The standard InChI is InChI=1S/C15H22N2O2/c1-4-17-10-6-9-14(17)16-11(2)15-12(18)7-5-8-13(15)19-3/h5,7-8,14,16,18H,2,4,6,9-10H2,1,3H3. The van der Waals surface area contributed by atoms with Crippen LogP contribution in [0, 0.1) is 0 Å². The molecule has 0 aliphatic carbocycles. The summed E-state index contributed by atoms with van der Waals surface area (Å²) in [6.07, 6.45) is 2.58. The normalized spacial score (nSPS) is 19.4. The Kier molecular flexibility index (Phi) is 4.32. The number of phenols is 1. The molecule has 4 heteroatoms. The molecule has 1 saturated heterocycles. The lowest BCUT2D eigenvalue weighted by Gasteiger charge is -2.26. The van der Waals surface area contributed by atoms with E-state index in [1.54, 1.807) is 19.2 Å². The van der Waals surface area contributed by atoms with Gasteiger partial charge in [-0.2, -0.15) is 0 Å². The molecule has 0 bridgehead atoms. The summed E-state index contributed by atoms with van der Waals surface area (Å²) in [6.45, 7) is 8.33.